The van der Waals surface area contributed by atoms with Crippen molar-refractivity contribution >= 4 is 23.5 Å². The molecule has 1 aliphatic rings. The lowest BCUT2D eigenvalue weighted by molar-refractivity contribution is -0.446. The summed E-state index contributed by atoms with van der Waals surface area (Å²) >= 11 is 0. The minimum Gasteiger partial charge on any atom is -1.00 e. The molecule has 0 bridgehead atoms. The van der Waals surface area contributed by atoms with Crippen LogP contribution in [0.2, 0.25) is 0 Å². The number of amides is 4. The van der Waals surface area contributed by atoms with Crippen LogP contribution in [-0.4, -0.2) is 36.5 Å². The molecule has 0 spiro atoms. The molecule has 0 fully saturated rings. The standard InChI is InChI=1S/C30H35N5O3.ClH/c1-30(2,31)28(37)34-25-17-16-22-8-5-7-11-26(22)35(27(25)36)19-20-12-14-21(15-13-20)24-10-6-4-9-23(24)18-33-29(38)32-3;/h4-15,25H,16-19,31H2,1-3H3,(H,34,37)(H2,32,33,38);1H/t25-;/m1./s1. The number of quaternary nitrogens is 1. The number of rotatable bonds is 7. The summed E-state index contributed by atoms with van der Waals surface area (Å²) in [6.07, 6.45) is 1.23. The zero-order valence-electron chi connectivity index (χ0n) is 22.6. The second-order valence-electron chi connectivity index (χ2n) is 10.3. The third-order valence-corrected chi connectivity index (χ3v) is 6.76. The minimum atomic E-state index is -0.827. The molecule has 0 saturated carbocycles. The van der Waals surface area contributed by atoms with E-state index in [0.29, 0.717) is 25.9 Å². The Morgan fingerprint density at radius 3 is 2.36 bits per heavy atom. The van der Waals surface area contributed by atoms with Crippen LogP contribution in [-0.2, 0) is 29.1 Å². The maximum Gasteiger partial charge on any atom is 0.314 e. The van der Waals surface area contributed by atoms with Gasteiger partial charge in [0.1, 0.15) is 6.04 Å². The Balaban J connectivity index is 0.00000420. The van der Waals surface area contributed by atoms with Gasteiger partial charge < -0.3 is 39.0 Å². The predicted octanol–water partition coefficient (Wildman–Crippen LogP) is -0.229. The fraction of sp³-hybridized carbons (Fsp3) is 0.300. The molecule has 0 unspecified atom stereocenters. The lowest BCUT2D eigenvalue weighted by Gasteiger charge is -2.27. The van der Waals surface area contributed by atoms with Crippen LogP contribution in [0.1, 0.15) is 37.0 Å². The van der Waals surface area contributed by atoms with Crippen molar-refractivity contribution in [2.24, 2.45) is 0 Å². The number of para-hydroxylation sites is 1. The van der Waals surface area contributed by atoms with Crippen LogP contribution >= 0.6 is 0 Å². The van der Waals surface area contributed by atoms with E-state index in [-0.39, 0.29) is 30.3 Å². The van der Waals surface area contributed by atoms with Crippen molar-refractivity contribution < 1.29 is 32.5 Å². The van der Waals surface area contributed by atoms with Gasteiger partial charge >= 0.3 is 6.03 Å². The van der Waals surface area contributed by atoms with Gasteiger partial charge in [0.25, 0.3) is 5.91 Å². The van der Waals surface area contributed by atoms with Crippen molar-refractivity contribution in [2.75, 3.05) is 11.9 Å². The Labute approximate surface area is 235 Å². The molecular formula is C30H36ClN5O3. The zero-order valence-corrected chi connectivity index (χ0v) is 23.3. The first-order chi connectivity index (χ1) is 18.2. The predicted molar refractivity (Wildman–Crippen MR) is 148 cm³/mol. The van der Waals surface area contributed by atoms with Gasteiger partial charge in [-0.25, -0.2) is 4.79 Å². The molecule has 0 aliphatic carbocycles. The van der Waals surface area contributed by atoms with E-state index in [2.05, 4.69) is 21.7 Å². The highest BCUT2D eigenvalue weighted by Gasteiger charge is 2.35. The Bertz CT molecular complexity index is 1320. The Morgan fingerprint density at radius 1 is 1.00 bits per heavy atom. The number of urea groups is 1. The lowest BCUT2D eigenvalue weighted by atomic mass is 9.98. The number of carbonyl (C=O) groups is 3. The van der Waals surface area contributed by atoms with Crippen molar-refractivity contribution in [1.29, 1.82) is 0 Å². The van der Waals surface area contributed by atoms with Crippen molar-refractivity contribution in [3.05, 3.63) is 89.5 Å². The van der Waals surface area contributed by atoms with Crippen molar-refractivity contribution in [2.45, 2.75) is 51.4 Å². The quantitative estimate of drug-likeness (QED) is 0.326. The third-order valence-electron chi connectivity index (χ3n) is 6.76. The second kappa shape index (κ2) is 12.8. The van der Waals surface area contributed by atoms with Crippen molar-refractivity contribution in [3.63, 3.8) is 0 Å². The van der Waals surface area contributed by atoms with Crippen LogP contribution in [0, 0.1) is 0 Å². The molecule has 0 radical (unpaired) electrons. The van der Waals surface area contributed by atoms with E-state index in [0.717, 1.165) is 33.5 Å². The summed E-state index contributed by atoms with van der Waals surface area (Å²) in [7, 11) is 1.59. The Morgan fingerprint density at radius 2 is 1.67 bits per heavy atom. The largest absolute Gasteiger partial charge is 1.00 e. The van der Waals surface area contributed by atoms with E-state index >= 15 is 0 Å². The molecule has 4 rings (SSSR count). The summed E-state index contributed by atoms with van der Waals surface area (Å²) in [5.74, 6) is -0.363. The second-order valence-corrected chi connectivity index (χ2v) is 10.3. The lowest BCUT2D eigenvalue weighted by Crippen LogP contribution is -3.00. The number of aryl methyl sites for hydroxylation is 1. The van der Waals surface area contributed by atoms with E-state index in [1.54, 1.807) is 25.8 Å². The van der Waals surface area contributed by atoms with E-state index in [9.17, 15) is 14.4 Å². The zero-order chi connectivity index (χ0) is 27.3. The number of carbonyl (C=O) groups excluding carboxylic acids is 3. The number of hydrogen-bond donors (Lipinski definition) is 4. The summed E-state index contributed by atoms with van der Waals surface area (Å²) in [6, 6.07) is 23.1. The van der Waals surface area contributed by atoms with Crippen molar-refractivity contribution in [1.82, 2.24) is 16.0 Å². The molecule has 206 valence electrons. The maximum atomic E-state index is 13.7. The SMILES string of the molecule is CNC(=O)NCc1ccccc1-c1ccc(CN2C(=O)[C@H](NC(=O)C(C)(C)[NH3+])CCc3ccccc32)cc1.[Cl-]. The monoisotopic (exact) mass is 549 g/mol. The number of benzene rings is 3. The molecular weight excluding hydrogens is 514 g/mol. The molecule has 4 amide bonds. The molecule has 3 aromatic rings. The first-order valence-electron chi connectivity index (χ1n) is 12.9. The van der Waals surface area contributed by atoms with E-state index in [1.807, 2.05) is 72.8 Å². The van der Waals surface area contributed by atoms with Crippen LogP contribution in [0.5, 0.6) is 0 Å². The summed E-state index contributed by atoms with van der Waals surface area (Å²) in [6.45, 7) is 4.28. The Kier molecular flexibility index (Phi) is 9.72. The highest BCUT2D eigenvalue weighted by atomic mass is 35.5. The average Bonchev–Trinajstić information content (AvgIpc) is 3.04. The normalized spacial score (nSPS) is 14.9. The van der Waals surface area contributed by atoms with E-state index in [1.165, 1.54) is 0 Å². The molecule has 8 nitrogen and oxygen atoms in total. The summed E-state index contributed by atoms with van der Waals surface area (Å²) in [5, 5.41) is 8.34. The van der Waals surface area contributed by atoms with Gasteiger partial charge in [-0.15, -0.1) is 0 Å². The maximum absolute atomic E-state index is 13.7. The molecule has 3 aromatic carbocycles. The summed E-state index contributed by atoms with van der Waals surface area (Å²) in [4.78, 5) is 39.8. The summed E-state index contributed by atoms with van der Waals surface area (Å²) in [5.41, 5.74) is 9.08. The summed E-state index contributed by atoms with van der Waals surface area (Å²) < 4.78 is 0. The van der Waals surface area contributed by atoms with Crippen LogP contribution in [0.15, 0.2) is 72.8 Å². The molecule has 1 atom stereocenters. The number of anilines is 1. The van der Waals surface area contributed by atoms with Crippen LogP contribution in [0.25, 0.3) is 11.1 Å². The van der Waals surface area contributed by atoms with Gasteiger partial charge in [0.05, 0.1) is 6.54 Å². The highest BCUT2D eigenvalue weighted by Crippen LogP contribution is 2.30. The molecule has 1 aliphatic heterocycles. The fourth-order valence-electron chi connectivity index (χ4n) is 4.56. The molecule has 9 heteroatoms. The van der Waals surface area contributed by atoms with E-state index < -0.39 is 11.6 Å². The average molecular weight is 550 g/mol. The van der Waals surface area contributed by atoms with Gasteiger partial charge in [0.2, 0.25) is 5.91 Å². The van der Waals surface area contributed by atoms with Crippen LogP contribution < -0.4 is 39.0 Å². The molecule has 0 aromatic heterocycles. The molecule has 1 heterocycles. The van der Waals surface area contributed by atoms with Gasteiger partial charge in [0, 0.05) is 19.3 Å². The van der Waals surface area contributed by atoms with Gasteiger partial charge in [0.15, 0.2) is 5.54 Å². The number of fused-ring (bicyclic) bond motifs is 1. The number of halogens is 1. The topological polar surface area (TPSA) is 118 Å². The van der Waals surface area contributed by atoms with Crippen LogP contribution in [0.3, 0.4) is 0 Å². The third kappa shape index (κ3) is 7.16. The molecule has 39 heavy (non-hydrogen) atoms. The van der Waals surface area contributed by atoms with Gasteiger partial charge in [-0.3, -0.25) is 9.59 Å². The first kappa shape index (κ1) is 29.7. The van der Waals surface area contributed by atoms with E-state index in [4.69, 9.17) is 0 Å². The number of hydrogen-bond acceptors (Lipinski definition) is 3. The first-order valence-corrected chi connectivity index (χ1v) is 12.9. The fourth-order valence-corrected chi connectivity index (χ4v) is 4.56. The van der Waals surface area contributed by atoms with Crippen molar-refractivity contribution in [3.8, 4) is 11.1 Å². The Hall–Kier alpha value is -3.88. The number of nitrogens with one attached hydrogen (secondary N) is 3. The molecule has 6 N–H and O–H groups in total. The molecule has 0 saturated heterocycles. The minimum absolute atomic E-state index is 0. The van der Waals surface area contributed by atoms with Gasteiger partial charge in [-0.2, -0.15) is 0 Å². The van der Waals surface area contributed by atoms with Gasteiger partial charge in [-0.05, 0) is 60.6 Å². The van der Waals surface area contributed by atoms with Crippen LogP contribution in [0.4, 0.5) is 10.5 Å². The highest BCUT2D eigenvalue weighted by molar-refractivity contribution is 6.01. The number of nitrogens with zero attached hydrogens (tertiary/aromatic N) is 1. The smallest absolute Gasteiger partial charge is 0.314 e. The van der Waals surface area contributed by atoms with Gasteiger partial charge in [-0.1, -0.05) is 66.7 Å².